The summed E-state index contributed by atoms with van der Waals surface area (Å²) in [6.45, 7) is 4.89. The normalized spacial score (nSPS) is 11.6. The van der Waals surface area contributed by atoms with Crippen molar-refractivity contribution in [2.45, 2.75) is 19.4 Å². The van der Waals surface area contributed by atoms with Crippen molar-refractivity contribution in [1.29, 1.82) is 0 Å². The molecule has 0 unspecified atom stereocenters. The van der Waals surface area contributed by atoms with Gasteiger partial charge in [0, 0.05) is 18.3 Å². The number of hydrogen-bond donors (Lipinski definition) is 2. The van der Waals surface area contributed by atoms with Gasteiger partial charge >= 0.3 is 0 Å². The fourth-order valence-corrected chi connectivity index (χ4v) is 1.20. The van der Waals surface area contributed by atoms with Gasteiger partial charge in [-0.25, -0.2) is 4.98 Å². The minimum Gasteiger partial charge on any atom is -0.368 e. The molecule has 1 heterocycles. The third-order valence-electron chi connectivity index (χ3n) is 2.97. The zero-order chi connectivity index (χ0) is 13.1. The Morgan fingerprint density at radius 1 is 1.53 bits per heavy atom. The van der Waals surface area contributed by atoms with Gasteiger partial charge in [0.25, 0.3) is 5.91 Å². The highest BCUT2D eigenvalue weighted by molar-refractivity contribution is 5.97. The molecule has 1 aromatic rings. The van der Waals surface area contributed by atoms with E-state index < -0.39 is 5.91 Å². The molecular formula is C12H20N4O. The maximum atomic E-state index is 11.2. The van der Waals surface area contributed by atoms with Gasteiger partial charge < -0.3 is 16.0 Å². The Labute approximate surface area is 102 Å². The summed E-state index contributed by atoms with van der Waals surface area (Å²) in [6, 6.07) is 3.36. The van der Waals surface area contributed by atoms with Crippen LogP contribution < -0.4 is 11.1 Å². The number of hydrogen-bond acceptors (Lipinski definition) is 4. The molecule has 5 heteroatoms. The molecule has 3 N–H and O–H groups in total. The fourth-order valence-electron chi connectivity index (χ4n) is 1.20. The van der Waals surface area contributed by atoms with Crippen LogP contribution in [0.1, 0.15) is 24.2 Å². The third kappa shape index (κ3) is 3.42. The summed E-state index contributed by atoms with van der Waals surface area (Å²) in [5.41, 5.74) is 5.67. The van der Waals surface area contributed by atoms with E-state index in [-0.39, 0.29) is 5.54 Å². The van der Waals surface area contributed by atoms with Crippen LogP contribution in [-0.4, -0.2) is 42.0 Å². The van der Waals surface area contributed by atoms with Crippen LogP contribution in [0, 0.1) is 0 Å². The molecule has 0 aliphatic heterocycles. The zero-order valence-corrected chi connectivity index (χ0v) is 10.8. The van der Waals surface area contributed by atoms with Crippen molar-refractivity contribution in [3.8, 4) is 0 Å². The second-order valence-electron chi connectivity index (χ2n) is 4.82. The molecule has 0 saturated carbocycles. The minimum absolute atomic E-state index is 0.0353. The Bertz CT molecular complexity index is 401. The summed E-state index contributed by atoms with van der Waals surface area (Å²) < 4.78 is 0. The van der Waals surface area contributed by atoms with E-state index in [1.807, 2.05) is 14.1 Å². The number of carbonyl (C=O) groups excluding carboxylic acids is 1. The Morgan fingerprint density at radius 3 is 2.71 bits per heavy atom. The molecular weight excluding hydrogens is 216 g/mol. The number of nitrogens with zero attached hydrogens (tertiary/aromatic N) is 2. The lowest BCUT2D eigenvalue weighted by Crippen LogP contribution is -2.44. The van der Waals surface area contributed by atoms with Crippen molar-refractivity contribution in [1.82, 2.24) is 9.88 Å². The average molecular weight is 236 g/mol. The summed E-state index contributed by atoms with van der Waals surface area (Å²) in [6.07, 6.45) is 1.64. The topological polar surface area (TPSA) is 71.2 Å². The number of nitrogens with one attached hydrogen (secondary N) is 1. The number of nitrogens with two attached hydrogens (primary N) is 1. The van der Waals surface area contributed by atoms with Crippen molar-refractivity contribution < 1.29 is 4.79 Å². The quantitative estimate of drug-likeness (QED) is 0.798. The molecule has 1 amide bonds. The maximum absolute atomic E-state index is 11.2. The van der Waals surface area contributed by atoms with Gasteiger partial charge in [-0.2, -0.15) is 0 Å². The molecule has 0 bridgehead atoms. The number of amides is 1. The van der Waals surface area contributed by atoms with E-state index in [0.29, 0.717) is 17.9 Å². The average Bonchev–Trinajstić information content (AvgIpc) is 2.26. The van der Waals surface area contributed by atoms with Crippen molar-refractivity contribution in [3.63, 3.8) is 0 Å². The molecule has 17 heavy (non-hydrogen) atoms. The Hall–Kier alpha value is -1.62. The van der Waals surface area contributed by atoms with Crippen LogP contribution in [0.4, 0.5) is 5.82 Å². The molecule has 1 aromatic heterocycles. The van der Waals surface area contributed by atoms with Crippen molar-refractivity contribution >= 4 is 11.7 Å². The number of carbonyl (C=O) groups is 1. The van der Waals surface area contributed by atoms with E-state index in [2.05, 4.69) is 29.0 Å². The van der Waals surface area contributed by atoms with Gasteiger partial charge in [-0.3, -0.25) is 4.79 Å². The summed E-state index contributed by atoms with van der Waals surface area (Å²) in [7, 11) is 4.02. The van der Waals surface area contributed by atoms with Crippen LogP contribution in [0.2, 0.25) is 0 Å². The number of pyridine rings is 1. The summed E-state index contributed by atoms with van der Waals surface area (Å²) in [4.78, 5) is 17.4. The van der Waals surface area contributed by atoms with Crippen LogP contribution in [0.3, 0.4) is 0 Å². The molecule has 0 spiro atoms. The molecule has 94 valence electrons. The Balaban J connectivity index is 2.79. The molecule has 0 fully saturated rings. The second kappa shape index (κ2) is 5.14. The lowest BCUT2D eigenvalue weighted by atomic mass is 10.0. The van der Waals surface area contributed by atoms with E-state index in [9.17, 15) is 4.79 Å². The summed E-state index contributed by atoms with van der Waals surface area (Å²) >= 11 is 0. The van der Waals surface area contributed by atoms with Gasteiger partial charge in [0.1, 0.15) is 5.82 Å². The number of anilines is 1. The second-order valence-corrected chi connectivity index (χ2v) is 4.82. The summed E-state index contributed by atoms with van der Waals surface area (Å²) in [5, 5.41) is 3.16. The monoisotopic (exact) mass is 236 g/mol. The first-order chi connectivity index (χ1) is 7.84. The Kier molecular flexibility index (Phi) is 4.07. The largest absolute Gasteiger partial charge is 0.368 e. The van der Waals surface area contributed by atoms with Crippen molar-refractivity contribution in [3.05, 3.63) is 23.9 Å². The van der Waals surface area contributed by atoms with Crippen molar-refractivity contribution in [2.75, 3.05) is 26.0 Å². The number of rotatable bonds is 5. The maximum Gasteiger partial charge on any atom is 0.252 e. The predicted octanol–water partition coefficient (Wildman–Crippen LogP) is 0.933. The molecule has 0 atom stereocenters. The van der Waals surface area contributed by atoms with E-state index in [4.69, 9.17) is 5.73 Å². The smallest absolute Gasteiger partial charge is 0.252 e. The lowest BCUT2D eigenvalue weighted by Gasteiger charge is -2.33. The highest BCUT2D eigenvalue weighted by Gasteiger charge is 2.21. The third-order valence-corrected chi connectivity index (χ3v) is 2.97. The van der Waals surface area contributed by atoms with Crippen LogP contribution in [0.5, 0.6) is 0 Å². The lowest BCUT2D eigenvalue weighted by molar-refractivity contribution is 0.100. The van der Waals surface area contributed by atoms with Gasteiger partial charge in [-0.15, -0.1) is 0 Å². The van der Waals surface area contributed by atoms with Gasteiger partial charge in [0.05, 0.1) is 5.56 Å². The standard InChI is InChI=1S/C12H20N4O/c1-12(2,16(3)4)8-15-11-9(10(13)17)6-5-7-14-11/h5-7H,8H2,1-4H3,(H2,13,17)(H,14,15). The molecule has 1 rings (SSSR count). The SMILES string of the molecule is CN(C)C(C)(C)CNc1ncccc1C(N)=O. The first-order valence-electron chi connectivity index (χ1n) is 5.51. The van der Waals surface area contributed by atoms with Crippen molar-refractivity contribution in [2.24, 2.45) is 5.73 Å². The molecule has 0 aliphatic carbocycles. The molecule has 0 aliphatic rings. The molecule has 0 saturated heterocycles. The molecule has 0 radical (unpaired) electrons. The van der Waals surface area contributed by atoms with Gasteiger partial charge in [-0.05, 0) is 40.1 Å². The molecule has 5 nitrogen and oxygen atoms in total. The van der Waals surface area contributed by atoms with E-state index in [1.165, 1.54) is 0 Å². The number of aromatic nitrogens is 1. The van der Waals surface area contributed by atoms with Crippen LogP contribution >= 0.6 is 0 Å². The van der Waals surface area contributed by atoms with Gasteiger partial charge in [0.2, 0.25) is 0 Å². The predicted molar refractivity (Wildman–Crippen MR) is 69.0 cm³/mol. The van der Waals surface area contributed by atoms with Gasteiger partial charge in [0.15, 0.2) is 0 Å². The van der Waals surface area contributed by atoms with E-state index in [1.54, 1.807) is 18.3 Å². The number of primary amides is 1. The van der Waals surface area contributed by atoms with Gasteiger partial charge in [-0.1, -0.05) is 0 Å². The number of likely N-dealkylation sites (N-methyl/N-ethyl adjacent to an activating group) is 1. The fraction of sp³-hybridized carbons (Fsp3) is 0.500. The minimum atomic E-state index is -0.469. The highest BCUT2D eigenvalue weighted by Crippen LogP contribution is 2.14. The highest BCUT2D eigenvalue weighted by atomic mass is 16.1. The van der Waals surface area contributed by atoms with Crippen LogP contribution in [-0.2, 0) is 0 Å². The zero-order valence-electron chi connectivity index (χ0n) is 10.8. The van der Waals surface area contributed by atoms with E-state index >= 15 is 0 Å². The molecule has 0 aromatic carbocycles. The first-order valence-corrected chi connectivity index (χ1v) is 5.51. The van der Waals surface area contributed by atoms with E-state index in [0.717, 1.165) is 0 Å². The Morgan fingerprint density at radius 2 is 2.18 bits per heavy atom. The van der Waals surface area contributed by atoms with Crippen LogP contribution in [0.25, 0.3) is 0 Å². The van der Waals surface area contributed by atoms with Crippen LogP contribution in [0.15, 0.2) is 18.3 Å². The summed E-state index contributed by atoms with van der Waals surface area (Å²) in [5.74, 6) is 0.0678. The first kappa shape index (κ1) is 13.4.